The summed E-state index contributed by atoms with van der Waals surface area (Å²) in [4.78, 5) is 11.0. The SMILES string of the molecule is CCNCc1cnc(N(C)C2CCC2)nc1. The van der Waals surface area contributed by atoms with E-state index >= 15 is 0 Å². The van der Waals surface area contributed by atoms with Crippen LogP contribution < -0.4 is 10.2 Å². The highest BCUT2D eigenvalue weighted by atomic mass is 15.3. The van der Waals surface area contributed by atoms with Crippen molar-refractivity contribution in [3.8, 4) is 0 Å². The molecule has 1 aromatic rings. The Morgan fingerprint density at radius 1 is 1.38 bits per heavy atom. The number of hydrogen-bond acceptors (Lipinski definition) is 4. The summed E-state index contributed by atoms with van der Waals surface area (Å²) in [6.07, 6.45) is 7.73. The van der Waals surface area contributed by atoms with E-state index in [0.717, 1.165) is 24.6 Å². The fourth-order valence-electron chi connectivity index (χ4n) is 1.83. The molecule has 2 rings (SSSR count). The van der Waals surface area contributed by atoms with Crippen molar-refractivity contribution in [1.29, 1.82) is 0 Å². The van der Waals surface area contributed by atoms with E-state index < -0.39 is 0 Å². The fourth-order valence-corrected chi connectivity index (χ4v) is 1.83. The minimum Gasteiger partial charge on any atom is -0.341 e. The molecule has 0 aromatic carbocycles. The van der Waals surface area contributed by atoms with E-state index in [4.69, 9.17) is 0 Å². The minimum atomic E-state index is 0.652. The lowest BCUT2D eigenvalue weighted by atomic mass is 9.92. The summed E-state index contributed by atoms with van der Waals surface area (Å²) in [5.74, 6) is 0.852. The summed E-state index contributed by atoms with van der Waals surface area (Å²) in [7, 11) is 2.09. The van der Waals surface area contributed by atoms with Crippen LogP contribution in [-0.4, -0.2) is 29.6 Å². The lowest BCUT2D eigenvalue weighted by Gasteiger charge is -2.34. The molecule has 4 heteroatoms. The Balaban J connectivity index is 1.95. The molecule has 1 heterocycles. The van der Waals surface area contributed by atoms with Crippen LogP contribution in [0.15, 0.2) is 12.4 Å². The summed E-state index contributed by atoms with van der Waals surface area (Å²) in [5.41, 5.74) is 1.15. The maximum absolute atomic E-state index is 4.41. The Morgan fingerprint density at radius 2 is 2.06 bits per heavy atom. The largest absolute Gasteiger partial charge is 0.341 e. The van der Waals surface area contributed by atoms with Crippen LogP contribution in [0.1, 0.15) is 31.7 Å². The molecule has 1 aromatic heterocycles. The molecule has 0 bridgehead atoms. The third-order valence-corrected chi connectivity index (χ3v) is 3.21. The molecule has 1 fully saturated rings. The van der Waals surface area contributed by atoms with Crippen LogP contribution in [-0.2, 0) is 6.54 Å². The van der Waals surface area contributed by atoms with Crippen LogP contribution >= 0.6 is 0 Å². The zero-order valence-corrected chi connectivity index (χ0v) is 10.1. The highest BCUT2D eigenvalue weighted by Crippen LogP contribution is 2.25. The third-order valence-electron chi connectivity index (χ3n) is 3.21. The Bertz CT molecular complexity index is 318. The van der Waals surface area contributed by atoms with Crippen LogP contribution in [0.4, 0.5) is 5.95 Å². The smallest absolute Gasteiger partial charge is 0.225 e. The summed E-state index contributed by atoms with van der Waals surface area (Å²) >= 11 is 0. The average Bonchev–Trinajstić information content (AvgIpc) is 2.24. The molecule has 0 saturated heterocycles. The molecule has 1 aliphatic carbocycles. The van der Waals surface area contributed by atoms with E-state index in [1.807, 2.05) is 12.4 Å². The lowest BCUT2D eigenvalue weighted by Crippen LogP contribution is -2.38. The van der Waals surface area contributed by atoms with Gasteiger partial charge in [-0.25, -0.2) is 9.97 Å². The Kier molecular flexibility index (Phi) is 3.72. The summed E-state index contributed by atoms with van der Waals surface area (Å²) in [5, 5.41) is 3.26. The Labute approximate surface area is 97.1 Å². The number of nitrogens with zero attached hydrogens (tertiary/aromatic N) is 3. The molecule has 1 aliphatic rings. The number of hydrogen-bond donors (Lipinski definition) is 1. The van der Waals surface area contributed by atoms with Gasteiger partial charge in [-0.2, -0.15) is 0 Å². The second-order valence-electron chi connectivity index (χ2n) is 4.37. The first-order valence-corrected chi connectivity index (χ1v) is 6.05. The van der Waals surface area contributed by atoms with E-state index in [0.29, 0.717) is 6.04 Å². The van der Waals surface area contributed by atoms with Gasteiger partial charge in [-0.05, 0) is 25.8 Å². The molecule has 1 saturated carbocycles. The van der Waals surface area contributed by atoms with Gasteiger partial charge in [-0.1, -0.05) is 6.92 Å². The van der Waals surface area contributed by atoms with Crippen molar-refractivity contribution in [3.63, 3.8) is 0 Å². The Morgan fingerprint density at radius 3 is 2.56 bits per heavy atom. The standard InChI is InChI=1S/C12H20N4/c1-3-13-7-10-8-14-12(15-9-10)16(2)11-5-4-6-11/h8-9,11,13H,3-7H2,1-2H3. The maximum atomic E-state index is 4.41. The quantitative estimate of drug-likeness (QED) is 0.818. The van der Waals surface area contributed by atoms with Crippen LogP contribution in [0.5, 0.6) is 0 Å². The number of rotatable bonds is 5. The summed E-state index contributed by atoms with van der Waals surface area (Å²) < 4.78 is 0. The molecule has 1 N–H and O–H groups in total. The topological polar surface area (TPSA) is 41.1 Å². The van der Waals surface area contributed by atoms with Crippen LogP contribution in [0.2, 0.25) is 0 Å². The van der Waals surface area contributed by atoms with Gasteiger partial charge in [0.1, 0.15) is 0 Å². The first-order valence-electron chi connectivity index (χ1n) is 6.05. The van der Waals surface area contributed by atoms with Crippen LogP contribution in [0, 0.1) is 0 Å². The van der Waals surface area contributed by atoms with E-state index in [9.17, 15) is 0 Å². The second-order valence-corrected chi connectivity index (χ2v) is 4.37. The van der Waals surface area contributed by atoms with Crippen LogP contribution in [0.25, 0.3) is 0 Å². The zero-order valence-electron chi connectivity index (χ0n) is 10.1. The van der Waals surface area contributed by atoms with Gasteiger partial charge in [-0.15, -0.1) is 0 Å². The molecule has 0 radical (unpaired) electrons. The molecule has 0 amide bonds. The maximum Gasteiger partial charge on any atom is 0.225 e. The fraction of sp³-hybridized carbons (Fsp3) is 0.667. The van der Waals surface area contributed by atoms with Crippen molar-refractivity contribution in [1.82, 2.24) is 15.3 Å². The van der Waals surface area contributed by atoms with E-state index in [1.54, 1.807) is 0 Å². The van der Waals surface area contributed by atoms with Gasteiger partial charge in [0.15, 0.2) is 0 Å². The Hall–Kier alpha value is -1.16. The summed E-state index contributed by atoms with van der Waals surface area (Å²) in [6.45, 7) is 3.92. The average molecular weight is 220 g/mol. The monoisotopic (exact) mass is 220 g/mol. The normalized spacial score (nSPS) is 15.9. The second kappa shape index (κ2) is 5.25. The number of nitrogens with one attached hydrogen (secondary N) is 1. The molecule has 4 nitrogen and oxygen atoms in total. The zero-order chi connectivity index (χ0) is 11.4. The molecule has 88 valence electrons. The van der Waals surface area contributed by atoms with E-state index in [1.165, 1.54) is 19.3 Å². The van der Waals surface area contributed by atoms with Gasteiger partial charge in [-0.3, -0.25) is 0 Å². The number of anilines is 1. The van der Waals surface area contributed by atoms with E-state index in [2.05, 4.69) is 34.2 Å². The van der Waals surface area contributed by atoms with Crippen molar-refractivity contribution >= 4 is 5.95 Å². The van der Waals surface area contributed by atoms with Crippen LogP contribution in [0.3, 0.4) is 0 Å². The van der Waals surface area contributed by atoms with Gasteiger partial charge in [0.05, 0.1) is 0 Å². The molecule has 16 heavy (non-hydrogen) atoms. The van der Waals surface area contributed by atoms with Gasteiger partial charge < -0.3 is 10.2 Å². The van der Waals surface area contributed by atoms with Gasteiger partial charge in [0.25, 0.3) is 0 Å². The molecule has 0 aliphatic heterocycles. The molecule has 0 spiro atoms. The molecular weight excluding hydrogens is 200 g/mol. The highest BCUT2D eigenvalue weighted by molar-refractivity contribution is 5.31. The summed E-state index contributed by atoms with van der Waals surface area (Å²) in [6, 6.07) is 0.652. The lowest BCUT2D eigenvalue weighted by molar-refractivity contribution is 0.397. The first-order chi connectivity index (χ1) is 7.81. The first kappa shape index (κ1) is 11.3. The van der Waals surface area contributed by atoms with Crippen molar-refractivity contribution in [2.24, 2.45) is 0 Å². The molecule has 0 atom stereocenters. The third kappa shape index (κ3) is 2.50. The molecule has 0 unspecified atom stereocenters. The minimum absolute atomic E-state index is 0.652. The van der Waals surface area contributed by atoms with Crippen molar-refractivity contribution in [2.75, 3.05) is 18.5 Å². The van der Waals surface area contributed by atoms with Crippen molar-refractivity contribution in [3.05, 3.63) is 18.0 Å². The predicted octanol–water partition coefficient (Wildman–Crippen LogP) is 1.57. The van der Waals surface area contributed by atoms with Gasteiger partial charge in [0, 0.05) is 37.6 Å². The van der Waals surface area contributed by atoms with Gasteiger partial charge in [0.2, 0.25) is 5.95 Å². The van der Waals surface area contributed by atoms with Crippen molar-refractivity contribution in [2.45, 2.75) is 38.8 Å². The predicted molar refractivity (Wildman–Crippen MR) is 65.5 cm³/mol. The van der Waals surface area contributed by atoms with Gasteiger partial charge >= 0.3 is 0 Å². The highest BCUT2D eigenvalue weighted by Gasteiger charge is 2.23. The number of aromatic nitrogens is 2. The van der Waals surface area contributed by atoms with E-state index in [-0.39, 0.29) is 0 Å². The van der Waals surface area contributed by atoms with Crippen molar-refractivity contribution < 1.29 is 0 Å². The molecular formula is C12H20N4.